The van der Waals surface area contributed by atoms with Gasteiger partial charge in [-0.15, -0.1) is 0 Å². The third-order valence-corrected chi connectivity index (χ3v) is 3.10. The van der Waals surface area contributed by atoms with Crippen molar-refractivity contribution in [2.75, 3.05) is 5.73 Å². The van der Waals surface area contributed by atoms with E-state index in [1.54, 1.807) is 18.5 Å². The van der Waals surface area contributed by atoms with Crippen molar-refractivity contribution in [3.05, 3.63) is 35.1 Å². The summed E-state index contributed by atoms with van der Waals surface area (Å²) in [5.74, 6) is 1.38. The van der Waals surface area contributed by atoms with Gasteiger partial charge >= 0.3 is 0 Å². The van der Waals surface area contributed by atoms with Crippen LogP contribution in [0.15, 0.2) is 39.6 Å². The lowest BCUT2D eigenvalue weighted by molar-refractivity contribution is 0.432. The molecular weight excluding hydrogens is 298 g/mol. The molecule has 0 saturated carbocycles. The molecule has 2 aromatic heterocycles. The third kappa shape index (κ3) is 1.88. The Kier molecular flexibility index (Phi) is 2.60. The highest BCUT2D eigenvalue weighted by Crippen LogP contribution is 2.26. The molecule has 0 aliphatic carbocycles. The summed E-state index contributed by atoms with van der Waals surface area (Å²) < 4.78 is 6.01. The molecule has 1 aromatic carbocycles. The van der Waals surface area contributed by atoms with E-state index in [9.17, 15) is 0 Å². The molecule has 0 atom stereocenters. The Balaban J connectivity index is 2.00. The first kappa shape index (κ1) is 11.0. The Hall–Kier alpha value is -2.15. The van der Waals surface area contributed by atoms with Gasteiger partial charge in [-0.05, 0) is 34.1 Å². The molecule has 0 aliphatic heterocycles. The van der Waals surface area contributed by atoms with Gasteiger partial charge in [-0.25, -0.2) is 4.98 Å². The van der Waals surface area contributed by atoms with Gasteiger partial charge in [-0.3, -0.25) is 0 Å². The Morgan fingerprint density at radius 3 is 2.94 bits per heavy atom. The van der Waals surface area contributed by atoms with Crippen LogP contribution in [0.4, 0.5) is 5.69 Å². The van der Waals surface area contributed by atoms with E-state index in [1.807, 2.05) is 12.1 Å². The first-order chi connectivity index (χ1) is 8.74. The van der Waals surface area contributed by atoms with E-state index in [4.69, 9.17) is 10.3 Å². The molecule has 18 heavy (non-hydrogen) atoms. The molecule has 0 fully saturated rings. The Morgan fingerprint density at radius 1 is 1.33 bits per heavy atom. The van der Waals surface area contributed by atoms with Crippen LogP contribution in [-0.2, 0) is 0 Å². The first-order valence-corrected chi connectivity index (χ1v) is 5.92. The molecule has 0 bridgehead atoms. The lowest BCUT2D eigenvalue weighted by atomic mass is 10.2. The van der Waals surface area contributed by atoms with Gasteiger partial charge in [0.2, 0.25) is 5.82 Å². The number of nitrogens with one attached hydrogen (secondary N) is 1. The summed E-state index contributed by atoms with van der Waals surface area (Å²) >= 11 is 3.33. The fraction of sp³-hybridized carbons (Fsp3) is 0. The van der Waals surface area contributed by atoms with Crippen LogP contribution in [0.25, 0.3) is 23.1 Å². The van der Waals surface area contributed by atoms with E-state index in [0.717, 1.165) is 10.0 Å². The molecule has 0 radical (unpaired) electrons. The van der Waals surface area contributed by atoms with Gasteiger partial charge in [0.15, 0.2) is 5.82 Å². The van der Waals surface area contributed by atoms with E-state index >= 15 is 0 Å². The molecule has 0 spiro atoms. The number of aromatic amines is 1. The maximum atomic E-state index is 5.80. The number of nitrogen functional groups attached to an aromatic ring is 1. The van der Waals surface area contributed by atoms with Crippen LogP contribution < -0.4 is 5.73 Å². The number of rotatable bonds is 2. The van der Waals surface area contributed by atoms with Gasteiger partial charge in [-0.1, -0.05) is 5.16 Å². The topological polar surface area (TPSA) is 93.6 Å². The number of hydrogen-bond donors (Lipinski definition) is 2. The quantitative estimate of drug-likeness (QED) is 0.709. The average Bonchev–Trinajstić information content (AvgIpc) is 3.01. The van der Waals surface area contributed by atoms with E-state index in [2.05, 4.69) is 36.0 Å². The minimum Gasteiger partial charge on any atom is -0.398 e. The maximum Gasteiger partial charge on any atom is 0.258 e. The summed E-state index contributed by atoms with van der Waals surface area (Å²) in [5, 5.41) is 3.85. The predicted octanol–water partition coefficient (Wildman–Crippen LogP) is 2.47. The highest BCUT2D eigenvalue weighted by atomic mass is 79.9. The van der Waals surface area contributed by atoms with E-state index in [0.29, 0.717) is 23.2 Å². The van der Waals surface area contributed by atoms with Crippen molar-refractivity contribution in [1.29, 1.82) is 0 Å². The van der Waals surface area contributed by atoms with Gasteiger partial charge in [0, 0.05) is 28.1 Å². The number of nitrogens with two attached hydrogens (primary N) is 1. The molecule has 0 unspecified atom stereocenters. The van der Waals surface area contributed by atoms with Crippen LogP contribution in [-0.4, -0.2) is 20.1 Å². The summed E-state index contributed by atoms with van der Waals surface area (Å²) in [7, 11) is 0. The van der Waals surface area contributed by atoms with Crippen molar-refractivity contribution in [2.24, 2.45) is 0 Å². The molecule has 7 heteroatoms. The summed E-state index contributed by atoms with van der Waals surface area (Å²) in [6.45, 7) is 0. The monoisotopic (exact) mass is 305 g/mol. The SMILES string of the molecule is Nc1cc(-c2nc(-c3ncc[nH]3)no2)ccc1Br. The molecule has 90 valence electrons. The number of aromatic nitrogens is 4. The largest absolute Gasteiger partial charge is 0.398 e. The number of imidazole rings is 1. The summed E-state index contributed by atoms with van der Waals surface area (Å²) in [6, 6.07) is 5.45. The smallest absolute Gasteiger partial charge is 0.258 e. The standard InChI is InChI=1S/C11H8BrN5O/c12-7-2-1-6(5-8(7)13)11-16-10(17-18-11)9-14-3-4-15-9/h1-5H,13H2,(H,14,15). The Morgan fingerprint density at radius 2 is 2.22 bits per heavy atom. The molecule has 6 nitrogen and oxygen atoms in total. The Bertz CT molecular complexity index is 677. The van der Waals surface area contributed by atoms with Gasteiger partial charge in [0.05, 0.1) is 0 Å². The van der Waals surface area contributed by atoms with Crippen LogP contribution in [0, 0.1) is 0 Å². The lowest BCUT2D eigenvalue weighted by Crippen LogP contribution is -1.88. The van der Waals surface area contributed by atoms with Crippen LogP contribution in [0.5, 0.6) is 0 Å². The molecule has 0 amide bonds. The highest BCUT2D eigenvalue weighted by Gasteiger charge is 2.12. The predicted molar refractivity (Wildman–Crippen MR) is 69.4 cm³/mol. The molecule has 3 rings (SSSR count). The highest BCUT2D eigenvalue weighted by molar-refractivity contribution is 9.10. The summed E-state index contributed by atoms with van der Waals surface area (Å²) in [6.07, 6.45) is 3.33. The number of halogens is 1. The molecule has 0 saturated heterocycles. The minimum atomic E-state index is 0.403. The van der Waals surface area contributed by atoms with Crippen molar-refractivity contribution in [2.45, 2.75) is 0 Å². The fourth-order valence-electron chi connectivity index (χ4n) is 1.50. The first-order valence-electron chi connectivity index (χ1n) is 5.13. The van der Waals surface area contributed by atoms with E-state index in [-0.39, 0.29) is 0 Å². The van der Waals surface area contributed by atoms with Gasteiger partial charge in [0.1, 0.15) is 0 Å². The molecule has 0 aliphatic rings. The molecule has 3 aromatic rings. The fourth-order valence-corrected chi connectivity index (χ4v) is 1.75. The van der Waals surface area contributed by atoms with Crippen LogP contribution in [0.3, 0.4) is 0 Å². The van der Waals surface area contributed by atoms with Crippen molar-refractivity contribution in [3.8, 4) is 23.1 Å². The average molecular weight is 306 g/mol. The molecular formula is C11H8BrN5O. The lowest BCUT2D eigenvalue weighted by Gasteiger charge is -1.99. The second-order valence-corrected chi connectivity index (χ2v) is 4.45. The maximum absolute atomic E-state index is 5.80. The van der Waals surface area contributed by atoms with Gasteiger partial charge < -0.3 is 15.2 Å². The van der Waals surface area contributed by atoms with Crippen molar-refractivity contribution in [1.82, 2.24) is 20.1 Å². The number of H-pyrrole nitrogens is 1. The van der Waals surface area contributed by atoms with Crippen LogP contribution in [0.1, 0.15) is 0 Å². The normalized spacial score (nSPS) is 10.7. The summed E-state index contributed by atoms with van der Waals surface area (Å²) in [4.78, 5) is 11.2. The molecule has 3 N–H and O–H groups in total. The number of benzene rings is 1. The van der Waals surface area contributed by atoms with Crippen LogP contribution in [0.2, 0.25) is 0 Å². The van der Waals surface area contributed by atoms with E-state index < -0.39 is 0 Å². The third-order valence-electron chi connectivity index (χ3n) is 2.38. The number of hydrogen-bond acceptors (Lipinski definition) is 5. The second kappa shape index (κ2) is 4.26. The number of anilines is 1. The second-order valence-electron chi connectivity index (χ2n) is 3.60. The van der Waals surface area contributed by atoms with Gasteiger partial charge in [-0.2, -0.15) is 4.98 Å². The summed E-state index contributed by atoms with van der Waals surface area (Å²) in [5.41, 5.74) is 7.18. The van der Waals surface area contributed by atoms with Crippen molar-refractivity contribution < 1.29 is 4.52 Å². The zero-order valence-corrected chi connectivity index (χ0v) is 10.7. The molecule has 2 heterocycles. The van der Waals surface area contributed by atoms with E-state index in [1.165, 1.54) is 0 Å². The zero-order valence-electron chi connectivity index (χ0n) is 9.09. The number of nitrogens with zero attached hydrogens (tertiary/aromatic N) is 3. The van der Waals surface area contributed by atoms with Crippen LogP contribution >= 0.6 is 15.9 Å². The minimum absolute atomic E-state index is 0.403. The zero-order chi connectivity index (χ0) is 12.5. The van der Waals surface area contributed by atoms with Crippen molar-refractivity contribution >= 4 is 21.6 Å². The van der Waals surface area contributed by atoms with Crippen molar-refractivity contribution in [3.63, 3.8) is 0 Å². The van der Waals surface area contributed by atoms with Gasteiger partial charge in [0.25, 0.3) is 5.89 Å². The Labute approximate surface area is 110 Å².